The van der Waals surface area contributed by atoms with Gasteiger partial charge in [0.2, 0.25) is 0 Å². The molecule has 1 amide bonds. The normalized spacial score (nSPS) is 15.8. The van der Waals surface area contributed by atoms with E-state index in [4.69, 9.17) is 4.74 Å². The highest BCUT2D eigenvalue weighted by Gasteiger charge is 2.21. The zero-order valence-corrected chi connectivity index (χ0v) is 16.8. The van der Waals surface area contributed by atoms with Crippen LogP contribution in [-0.4, -0.2) is 29.3 Å². The second-order valence-corrected chi connectivity index (χ2v) is 7.62. The van der Waals surface area contributed by atoms with Gasteiger partial charge in [-0.15, -0.1) is 0 Å². The first-order valence-electron chi connectivity index (χ1n) is 9.08. The first kappa shape index (κ1) is 18.9. The number of amides is 1. The van der Waals surface area contributed by atoms with E-state index in [0.29, 0.717) is 12.6 Å². The van der Waals surface area contributed by atoms with Crippen LogP contribution in [0.4, 0.5) is 5.82 Å². The van der Waals surface area contributed by atoms with Crippen LogP contribution < -0.4 is 15.4 Å². The Balaban J connectivity index is 1.54. The molecule has 0 saturated heterocycles. The Morgan fingerprint density at radius 1 is 1.42 bits per heavy atom. The van der Waals surface area contributed by atoms with Crippen LogP contribution in [0, 0.1) is 0 Å². The van der Waals surface area contributed by atoms with Gasteiger partial charge in [-0.05, 0) is 53.9 Å². The van der Waals surface area contributed by atoms with E-state index in [-0.39, 0.29) is 11.9 Å². The SMILES string of the molecule is COc1ccc([C@H](C)[NH2+]CC(=O)Nc2ccnn2C2CCCC2)cc1Br. The molecule has 1 atom stereocenters. The van der Waals surface area contributed by atoms with Crippen LogP contribution in [0.25, 0.3) is 0 Å². The highest BCUT2D eigenvalue weighted by molar-refractivity contribution is 9.10. The van der Waals surface area contributed by atoms with E-state index in [1.54, 1.807) is 13.3 Å². The average molecular weight is 422 g/mol. The van der Waals surface area contributed by atoms with Crippen molar-refractivity contribution in [3.63, 3.8) is 0 Å². The maximum Gasteiger partial charge on any atom is 0.280 e. The third-order valence-corrected chi connectivity index (χ3v) is 5.59. The lowest BCUT2D eigenvalue weighted by Gasteiger charge is -2.15. The molecule has 1 aliphatic carbocycles. The van der Waals surface area contributed by atoms with E-state index >= 15 is 0 Å². The molecule has 0 spiro atoms. The molecular weight excluding hydrogens is 396 g/mol. The second kappa shape index (κ2) is 8.68. The van der Waals surface area contributed by atoms with E-state index in [1.165, 1.54) is 12.8 Å². The molecule has 3 rings (SSSR count). The summed E-state index contributed by atoms with van der Waals surface area (Å²) in [5.74, 6) is 1.60. The molecule has 1 saturated carbocycles. The second-order valence-electron chi connectivity index (χ2n) is 6.77. The van der Waals surface area contributed by atoms with Gasteiger partial charge < -0.3 is 15.4 Å². The Morgan fingerprint density at radius 2 is 2.19 bits per heavy atom. The van der Waals surface area contributed by atoms with Crippen molar-refractivity contribution >= 4 is 27.7 Å². The minimum Gasteiger partial charge on any atom is -0.496 e. The topological polar surface area (TPSA) is 72.8 Å². The molecule has 1 aromatic carbocycles. The van der Waals surface area contributed by atoms with Gasteiger partial charge in [-0.2, -0.15) is 5.10 Å². The third kappa shape index (κ3) is 4.45. The Hall–Kier alpha value is -1.86. The van der Waals surface area contributed by atoms with Gasteiger partial charge in [-0.25, -0.2) is 4.68 Å². The van der Waals surface area contributed by atoms with Gasteiger partial charge in [-0.1, -0.05) is 12.8 Å². The quantitative estimate of drug-likeness (QED) is 0.721. The number of ether oxygens (including phenoxy) is 1. The molecule has 7 heteroatoms. The molecule has 6 nitrogen and oxygen atoms in total. The number of halogens is 1. The van der Waals surface area contributed by atoms with Crippen LogP contribution in [0.5, 0.6) is 5.75 Å². The van der Waals surface area contributed by atoms with Gasteiger partial charge >= 0.3 is 0 Å². The fraction of sp³-hybridized carbons (Fsp3) is 0.474. The number of methoxy groups -OCH3 is 1. The molecule has 0 radical (unpaired) electrons. The summed E-state index contributed by atoms with van der Waals surface area (Å²) in [5, 5.41) is 9.43. The summed E-state index contributed by atoms with van der Waals surface area (Å²) < 4.78 is 8.15. The number of anilines is 1. The summed E-state index contributed by atoms with van der Waals surface area (Å²) in [7, 11) is 1.65. The molecule has 1 aliphatic rings. The lowest BCUT2D eigenvalue weighted by molar-refractivity contribution is -0.682. The largest absolute Gasteiger partial charge is 0.496 e. The number of carbonyl (C=O) groups excluding carboxylic acids is 1. The number of nitrogens with one attached hydrogen (secondary N) is 1. The van der Waals surface area contributed by atoms with Gasteiger partial charge in [0.25, 0.3) is 5.91 Å². The summed E-state index contributed by atoms with van der Waals surface area (Å²) in [6.45, 7) is 2.45. The van der Waals surface area contributed by atoms with E-state index in [0.717, 1.165) is 34.4 Å². The molecule has 2 aromatic rings. The van der Waals surface area contributed by atoms with Crippen LogP contribution in [0.3, 0.4) is 0 Å². The van der Waals surface area contributed by atoms with E-state index in [9.17, 15) is 4.79 Å². The van der Waals surface area contributed by atoms with Crippen molar-refractivity contribution in [2.45, 2.75) is 44.7 Å². The molecule has 3 N–H and O–H groups in total. The summed E-state index contributed by atoms with van der Waals surface area (Å²) in [5.41, 5.74) is 1.14. The van der Waals surface area contributed by atoms with Crippen LogP contribution in [0.15, 0.2) is 34.9 Å². The predicted octanol–water partition coefficient (Wildman–Crippen LogP) is 3.03. The standard InChI is InChI=1S/C19H25BrN4O2/c1-13(14-7-8-17(26-2)16(20)11-14)21-12-19(25)23-18-9-10-22-24(18)15-5-3-4-6-15/h7-11,13,15,21H,3-6,12H2,1-2H3,(H,23,25)/p+1/t13-/m0/s1. The minimum atomic E-state index is -0.0100. The maximum absolute atomic E-state index is 12.4. The smallest absolute Gasteiger partial charge is 0.280 e. The molecule has 0 unspecified atom stereocenters. The molecular formula is C19H26BrN4O2+. The van der Waals surface area contributed by atoms with Crippen molar-refractivity contribution in [1.29, 1.82) is 0 Å². The number of aromatic nitrogens is 2. The summed E-state index contributed by atoms with van der Waals surface area (Å²) in [6.07, 6.45) is 6.51. The van der Waals surface area contributed by atoms with Gasteiger partial charge in [0.1, 0.15) is 17.6 Å². The summed E-state index contributed by atoms with van der Waals surface area (Å²) >= 11 is 3.51. The lowest BCUT2D eigenvalue weighted by atomic mass is 10.1. The fourth-order valence-corrected chi connectivity index (χ4v) is 3.99. The highest BCUT2D eigenvalue weighted by atomic mass is 79.9. The Labute approximate surface area is 162 Å². The first-order valence-corrected chi connectivity index (χ1v) is 9.88. The number of nitrogens with two attached hydrogens (primary N) is 1. The summed E-state index contributed by atoms with van der Waals surface area (Å²) in [6, 6.07) is 8.46. The van der Waals surface area contributed by atoms with Crippen molar-refractivity contribution in [1.82, 2.24) is 9.78 Å². The predicted molar refractivity (Wildman–Crippen MR) is 104 cm³/mol. The molecule has 140 valence electrons. The lowest BCUT2D eigenvalue weighted by Crippen LogP contribution is -2.86. The maximum atomic E-state index is 12.4. The first-order chi connectivity index (χ1) is 12.6. The molecule has 0 aliphatic heterocycles. The molecule has 26 heavy (non-hydrogen) atoms. The number of hydrogen-bond donors (Lipinski definition) is 2. The van der Waals surface area contributed by atoms with Crippen molar-refractivity contribution in [3.05, 3.63) is 40.5 Å². The molecule has 1 heterocycles. The molecule has 1 fully saturated rings. The number of rotatable bonds is 7. The monoisotopic (exact) mass is 421 g/mol. The fourth-order valence-electron chi connectivity index (χ4n) is 3.43. The van der Waals surface area contributed by atoms with E-state index in [2.05, 4.69) is 33.3 Å². The minimum absolute atomic E-state index is 0.0100. The van der Waals surface area contributed by atoms with E-state index in [1.807, 2.05) is 34.3 Å². The zero-order valence-electron chi connectivity index (χ0n) is 15.2. The Morgan fingerprint density at radius 3 is 2.88 bits per heavy atom. The van der Waals surface area contributed by atoms with Crippen molar-refractivity contribution in [3.8, 4) is 5.75 Å². The number of carbonyl (C=O) groups is 1. The van der Waals surface area contributed by atoms with Gasteiger partial charge in [0, 0.05) is 11.6 Å². The number of benzene rings is 1. The average Bonchev–Trinajstić information content (AvgIpc) is 3.30. The number of hydrogen-bond acceptors (Lipinski definition) is 3. The third-order valence-electron chi connectivity index (χ3n) is 4.97. The summed E-state index contributed by atoms with van der Waals surface area (Å²) in [4.78, 5) is 12.4. The molecule has 0 bridgehead atoms. The van der Waals surface area contributed by atoms with Gasteiger partial charge in [-0.3, -0.25) is 4.79 Å². The van der Waals surface area contributed by atoms with Crippen molar-refractivity contribution in [2.24, 2.45) is 0 Å². The van der Waals surface area contributed by atoms with Gasteiger partial charge in [0.05, 0.1) is 23.8 Å². The van der Waals surface area contributed by atoms with E-state index < -0.39 is 0 Å². The van der Waals surface area contributed by atoms with Gasteiger partial charge in [0.15, 0.2) is 6.54 Å². The molecule has 1 aromatic heterocycles. The van der Waals surface area contributed by atoms with Crippen molar-refractivity contribution in [2.75, 3.05) is 19.0 Å². The number of quaternary nitrogens is 1. The Bertz CT molecular complexity index is 756. The van der Waals surface area contributed by atoms with Crippen LogP contribution in [-0.2, 0) is 4.79 Å². The van der Waals surface area contributed by atoms with Crippen LogP contribution >= 0.6 is 15.9 Å². The van der Waals surface area contributed by atoms with Crippen molar-refractivity contribution < 1.29 is 14.8 Å². The van der Waals surface area contributed by atoms with Crippen LogP contribution in [0.1, 0.15) is 50.3 Å². The highest BCUT2D eigenvalue weighted by Crippen LogP contribution is 2.31. The zero-order chi connectivity index (χ0) is 18.5. The Kier molecular flexibility index (Phi) is 6.32. The number of nitrogens with zero attached hydrogens (tertiary/aromatic N) is 2. The van der Waals surface area contributed by atoms with Crippen LogP contribution in [0.2, 0.25) is 0 Å².